The lowest BCUT2D eigenvalue weighted by atomic mass is 9.62. The fraction of sp³-hybridized carbons (Fsp3) is 0.448. The number of hydrogen-bond acceptors (Lipinski definition) is 5. The number of ketones is 1. The molecule has 1 amide bonds. The summed E-state index contributed by atoms with van der Waals surface area (Å²) in [5.74, 6) is -1.43. The average molecular weight is 635 g/mol. The highest BCUT2D eigenvalue weighted by atomic mass is 79.9. The van der Waals surface area contributed by atoms with Gasteiger partial charge in [-0.05, 0) is 65.2 Å². The number of aromatic nitrogens is 1. The number of carboxylic acids is 1. The zero-order valence-corrected chi connectivity index (χ0v) is 24.4. The first kappa shape index (κ1) is 28.1. The van der Waals surface area contributed by atoms with Crippen LogP contribution in [0.1, 0.15) is 79.6 Å². The summed E-state index contributed by atoms with van der Waals surface area (Å²) in [6.07, 6.45) is 11.2. The summed E-state index contributed by atoms with van der Waals surface area (Å²) in [5.41, 5.74) is 1.71. The number of benzene rings is 1. The molecular formula is C29H30BrCl2N3O4. The molecule has 2 aromatic rings. The fourth-order valence-corrected chi connectivity index (χ4v) is 7.95. The van der Waals surface area contributed by atoms with Gasteiger partial charge in [-0.2, -0.15) is 0 Å². The minimum Gasteiger partial charge on any atom is -0.480 e. The maximum absolute atomic E-state index is 12.9. The lowest BCUT2D eigenvalue weighted by Crippen LogP contribution is -2.54. The predicted molar refractivity (Wildman–Crippen MR) is 154 cm³/mol. The minimum atomic E-state index is -0.940. The van der Waals surface area contributed by atoms with Crippen LogP contribution in [0.25, 0.3) is 0 Å². The van der Waals surface area contributed by atoms with Crippen molar-refractivity contribution in [1.82, 2.24) is 10.3 Å². The monoisotopic (exact) mass is 633 g/mol. The molecule has 2 saturated carbocycles. The minimum absolute atomic E-state index is 0.0840. The van der Waals surface area contributed by atoms with E-state index in [2.05, 4.69) is 31.5 Å². The fourth-order valence-electron chi connectivity index (χ4n) is 6.54. The van der Waals surface area contributed by atoms with E-state index in [0.717, 1.165) is 69.0 Å². The van der Waals surface area contributed by atoms with E-state index < -0.39 is 23.3 Å². The molecule has 0 bridgehead atoms. The SMILES string of the molecule is O=C(Nc1ccc(C(C2CCCC2)[C@H](NC2=C(Br)C(=O)C23CCCCC3)C(=O)O)cc1)c1c(Cl)cncc1Cl. The van der Waals surface area contributed by atoms with Crippen LogP contribution in [-0.2, 0) is 9.59 Å². The molecule has 1 aromatic heterocycles. The number of carbonyl (C=O) groups excluding carboxylic acids is 2. The number of allylic oxidation sites excluding steroid dienone is 2. The predicted octanol–water partition coefficient (Wildman–Crippen LogP) is 7.10. The number of aliphatic carboxylic acids is 1. The van der Waals surface area contributed by atoms with E-state index in [1.54, 1.807) is 12.1 Å². The molecule has 2 fully saturated rings. The summed E-state index contributed by atoms with van der Waals surface area (Å²) in [6.45, 7) is 0. The number of nitrogens with one attached hydrogen (secondary N) is 2. The largest absolute Gasteiger partial charge is 0.480 e. The molecule has 0 radical (unpaired) electrons. The van der Waals surface area contributed by atoms with Crippen molar-refractivity contribution in [2.24, 2.45) is 11.3 Å². The van der Waals surface area contributed by atoms with Crippen LogP contribution >= 0.6 is 39.1 Å². The van der Waals surface area contributed by atoms with Crippen LogP contribution in [0.15, 0.2) is 46.8 Å². The van der Waals surface area contributed by atoms with E-state index in [1.165, 1.54) is 12.4 Å². The molecule has 10 heteroatoms. The van der Waals surface area contributed by atoms with Crippen molar-refractivity contribution >= 4 is 62.5 Å². The molecule has 1 spiro atoms. The highest BCUT2D eigenvalue weighted by Crippen LogP contribution is 2.54. The molecule has 2 atom stereocenters. The molecular weight excluding hydrogens is 605 g/mol. The zero-order chi connectivity index (χ0) is 27.7. The van der Waals surface area contributed by atoms with Gasteiger partial charge >= 0.3 is 5.97 Å². The summed E-state index contributed by atoms with van der Waals surface area (Å²) in [6, 6.07) is 6.39. The number of pyridine rings is 1. The van der Waals surface area contributed by atoms with Crippen LogP contribution in [0, 0.1) is 11.3 Å². The topological polar surface area (TPSA) is 108 Å². The van der Waals surface area contributed by atoms with E-state index in [1.807, 2.05) is 12.1 Å². The van der Waals surface area contributed by atoms with E-state index >= 15 is 0 Å². The van der Waals surface area contributed by atoms with E-state index in [4.69, 9.17) is 23.2 Å². The Balaban J connectivity index is 1.41. The molecule has 1 heterocycles. The first-order valence-electron chi connectivity index (χ1n) is 13.4. The number of carbonyl (C=O) groups is 3. The molecule has 3 aliphatic rings. The third-order valence-corrected chi connectivity index (χ3v) is 9.84. The Bertz CT molecular complexity index is 1300. The average Bonchev–Trinajstić information content (AvgIpc) is 3.46. The Morgan fingerprint density at radius 3 is 2.21 bits per heavy atom. The number of carboxylic acid groups (broad SMARTS) is 1. The van der Waals surface area contributed by atoms with Gasteiger partial charge in [0.1, 0.15) is 6.04 Å². The second-order valence-electron chi connectivity index (χ2n) is 10.7. The third kappa shape index (κ3) is 5.35. The van der Waals surface area contributed by atoms with Gasteiger partial charge in [-0.25, -0.2) is 4.79 Å². The summed E-state index contributed by atoms with van der Waals surface area (Å²) in [4.78, 5) is 42.4. The second kappa shape index (κ2) is 11.6. The van der Waals surface area contributed by atoms with Crippen molar-refractivity contribution in [1.29, 1.82) is 0 Å². The molecule has 1 aromatic carbocycles. The van der Waals surface area contributed by atoms with Crippen molar-refractivity contribution in [3.8, 4) is 0 Å². The molecule has 1 unspecified atom stereocenters. The number of halogens is 3. The first-order chi connectivity index (χ1) is 18.7. The Kier molecular flexibility index (Phi) is 8.36. The maximum Gasteiger partial charge on any atom is 0.326 e. The van der Waals surface area contributed by atoms with Gasteiger partial charge in [-0.3, -0.25) is 14.6 Å². The van der Waals surface area contributed by atoms with Crippen LogP contribution in [0.2, 0.25) is 10.0 Å². The molecule has 0 aliphatic heterocycles. The van der Waals surface area contributed by atoms with Gasteiger partial charge in [-0.15, -0.1) is 0 Å². The van der Waals surface area contributed by atoms with Crippen LogP contribution in [0.3, 0.4) is 0 Å². The molecule has 5 rings (SSSR count). The van der Waals surface area contributed by atoms with Crippen molar-refractivity contribution in [2.45, 2.75) is 69.7 Å². The first-order valence-corrected chi connectivity index (χ1v) is 14.9. The van der Waals surface area contributed by atoms with Gasteiger partial charge in [0.2, 0.25) is 0 Å². The summed E-state index contributed by atoms with van der Waals surface area (Å²) in [5, 5.41) is 16.9. The molecule has 3 N–H and O–H groups in total. The van der Waals surface area contributed by atoms with Gasteiger partial charge in [0, 0.05) is 29.7 Å². The Labute approximate surface area is 245 Å². The van der Waals surface area contributed by atoms with Gasteiger partial charge in [-0.1, -0.05) is 67.4 Å². The molecule has 7 nitrogen and oxygen atoms in total. The Hall–Kier alpha value is -2.42. The Morgan fingerprint density at radius 1 is 1.00 bits per heavy atom. The highest BCUT2D eigenvalue weighted by Gasteiger charge is 2.54. The number of nitrogens with zero attached hydrogens (tertiary/aromatic N) is 1. The van der Waals surface area contributed by atoms with Crippen molar-refractivity contribution < 1.29 is 19.5 Å². The summed E-state index contributed by atoms with van der Waals surface area (Å²) in [7, 11) is 0. The lowest BCUT2D eigenvalue weighted by molar-refractivity contribution is -0.141. The quantitative estimate of drug-likeness (QED) is 0.286. The maximum atomic E-state index is 12.9. The Morgan fingerprint density at radius 2 is 1.62 bits per heavy atom. The van der Waals surface area contributed by atoms with Crippen LogP contribution in [-0.4, -0.2) is 33.8 Å². The van der Waals surface area contributed by atoms with Crippen LogP contribution in [0.5, 0.6) is 0 Å². The molecule has 3 aliphatic carbocycles. The van der Waals surface area contributed by atoms with Gasteiger partial charge in [0.05, 0.1) is 25.5 Å². The number of amides is 1. The van der Waals surface area contributed by atoms with Gasteiger partial charge in [0.25, 0.3) is 5.91 Å². The molecule has 206 valence electrons. The highest BCUT2D eigenvalue weighted by molar-refractivity contribution is 9.12. The van der Waals surface area contributed by atoms with Gasteiger partial charge < -0.3 is 15.7 Å². The summed E-state index contributed by atoms with van der Waals surface area (Å²) >= 11 is 15.7. The van der Waals surface area contributed by atoms with Gasteiger partial charge in [0.15, 0.2) is 5.78 Å². The molecule has 0 saturated heterocycles. The third-order valence-electron chi connectivity index (χ3n) is 8.51. The smallest absolute Gasteiger partial charge is 0.326 e. The van der Waals surface area contributed by atoms with Crippen LogP contribution in [0.4, 0.5) is 5.69 Å². The van der Waals surface area contributed by atoms with Crippen molar-refractivity contribution in [2.75, 3.05) is 5.32 Å². The second-order valence-corrected chi connectivity index (χ2v) is 12.4. The van der Waals surface area contributed by atoms with Crippen molar-refractivity contribution in [3.63, 3.8) is 0 Å². The van der Waals surface area contributed by atoms with E-state index in [9.17, 15) is 19.5 Å². The zero-order valence-electron chi connectivity index (χ0n) is 21.3. The lowest BCUT2D eigenvalue weighted by Gasteiger charge is -2.47. The van der Waals surface area contributed by atoms with Crippen LogP contribution < -0.4 is 10.6 Å². The normalized spacial score (nSPS) is 20.4. The number of hydrogen-bond donors (Lipinski definition) is 3. The molecule has 39 heavy (non-hydrogen) atoms. The number of anilines is 1. The summed E-state index contributed by atoms with van der Waals surface area (Å²) < 4.78 is 0.479. The van der Waals surface area contributed by atoms with E-state index in [-0.39, 0.29) is 33.2 Å². The van der Waals surface area contributed by atoms with Crippen molar-refractivity contribution in [3.05, 3.63) is 68.0 Å². The standard InChI is InChI=1S/C29H30BrCl2N3O4/c30-23-25(29(26(23)36)12-4-1-5-13-29)35-24(28(38)39)21(16-6-2-3-7-16)17-8-10-18(11-9-17)34-27(37)22-19(31)14-33-15-20(22)32/h8-11,14-16,21,24,35H,1-7,12-13H2,(H,34,37)(H,38,39)/t21?,24-/m0/s1. The number of Topliss-reactive ketones (excluding diaryl/α,β-unsaturated/α-hetero) is 1. The number of rotatable bonds is 8. The van der Waals surface area contributed by atoms with E-state index in [0.29, 0.717) is 10.2 Å².